The Balaban J connectivity index is 1.52. The monoisotopic (exact) mass is 420 g/mol. The summed E-state index contributed by atoms with van der Waals surface area (Å²) in [6.45, 7) is 0.317. The lowest BCUT2D eigenvalue weighted by atomic mass is 9.85. The van der Waals surface area contributed by atoms with Crippen LogP contribution >= 0.6 is 0 Å². The van der Waals surface area contributed by atoms with Gasteiger partial charge in [-0.05, 0) is 43.4 Å². The van der Waals surface area contributed by atoms with Crippen LogP contribution in [0.15, 0.2) is 54.7 Å². The maximum Gasteiger partial charge on any atom is 0.254 e. The number of aliphatic hydroxyl groups is 1. The van der Waals surface area contributed by atoms with Gasteiger partial charge in [0.1, 0.15) is 17.3 Å². The highest BCUT2D eigenvalue weighted by Gasteiger charge is 2.23. The molecule has 0 radical (unpaired) electrons. The van der Waals surface area contributed by atoms with E-state index in [1.807, 2.05) is 30.3 Å². The second kappa shape index (κ2) is 9.22. The van der Waals surface area contributed by atoms with Crippen molar-refractivity contribution in [1.82, 2.24) is 15.3 Å². The fourth-order valence-corrected chi connectivity index (χ4v) is 3.91. The molecule has 4 N–H and O–H groups in total. The molecule has 0 aliphatic heterocycles. The van der Waals surface area contributed by atoms with E-state index in [1.165, 1.54) is 12.1 Å². The highest BCUT2D eigenvalue weighted by atomic mass is 19.1. The summed E-state index contributed by atoms with van der Waals surface area (Å²) >= 11 is 0. The van der Waals surface area contributed by atoms with Crippen LogP contribution in [0.3, 0.4) is 0 Å². The number of nitrogen functional groups attached to an aromatic ring is 1. The van der Waals surface area contributed by atoms with Crippen molar-refractivity contribution < 1.29 is 14.3 Å². The fourth-order valence-electron chi connectivity index (χ4n) is 3.91. The minimum atomic E-state index is -0.643. The lowest BCUT2D eigenvalue weighted by Crippen LogP contribution is -2.23. The summed E-state index contributed by atoms with van der Waals surface area (Å²) < 4.78 is 14.8. The summed E-state index contributed by atoms with van der Waals surface area (Å²) in [5.74, 6) is -0.722. The Kier molecular flexibility index (Phi) is 6.23. The molecule has 1 aliphatic carbocycles. The standard InChI is InChI=1S/C24H25FN4O2/c25-20-12-17(8-11-19(20)24(31)28-13-15-4-2-1-3-5-15)22-23(26)27-14-21(29-22)16-6-9-18(30)10-7-16/h1-5,8,11-12,14,16,18,30H,6-7,9-10,13H2,(H2,26,27)(H,28,31)/t16-,18-. The Labute approximate surface area is 180 Å². The number of rotatable bonds is 5. The van der Waals surface area contributed by atoms with Crippen molar-refractivity contribution in [2.45, 2.75) is 44.2 Å². The highest BCUT2D eigenvalue weighted by molar-refractivity contribution is 5.95. The molecule has 1 fully saturated rings. The number of nitrogens with zero attached hydrogens (tertiary/aromatic N) is 2. The van der Waals surface area contributed by atoms with Gasteiger partial charge in [0.2, 0.25) is 0 Å². The van der Waals surface area contributed by atoms with E-state index in [0.29, 0.717) is 17.8 Å². The Morgan fingerprint density at radius 2 is 1.87 bits per heavy atom. The highest BCUT2D eigenvalue weighted by Crippen LogP contribution is 2.33. The zero-order chi connectivity index (χ0) is 21.8. The number of benzene rings is 2. The van der Waals surface area contributed by atoms with Crippen LogP contribution in [0.1, 0.15) is 53.2 Å². The number of carbonyl (C=O) groups is 1. The molecule has 0 bridgehead atoms. The summed E-state index contributed by atoms with van der Waals surface area (Å²) in [6.07, 6.45) is 4.51. The van der Waals surface area contributed by atoms with Gasteiger partial charge in [0.15, 0.2) is 0 Å². The Hall–Kier alpha value is -3.32. The Morgan fingerprint density at radius 1 is 1.13 bits per heavy atom. The maximum atomic E-state index is 14.8. The van der Waals surface area contributed by atoms with E-state index in [2.05, 4.69) is 15.3 Å². The normalized spacial score (nSPS) is 18.5. The second-order valence-electron chi connectivity index (χ2n) is 7.90. The number of hydrogen-bond donors (Lipinski definition) is 3. The predicted molar refractivity (Wildman–Crippen MR) is 117 cm³/mol. The molecular weight excluding hydrogens is 395 g/mol. The molecule has 2 aromatic carbocycles. The molecule has 7 heteroatoms. The molecule has 1 saturated carbocycles. The third-order valence-corrected chi connectivity index (χ3v) is 5.72. The van der Waals surface area contributed by atoms with Gasteiger partial charge in [-0.25, -0.2) is 14.4 Å². The minimum absolute atomic E-state index is 0.0383. The smallest absolute Gasteiger partial charge is 0.254 e. The van der Waals surface area contributed by atoms with Crippen LogP contribution in [-0.4, -0.2) is 27.1 Å². The van der Waals surface area contributed by atoms with Gasteiger partial charge < -0.3 is 16.2 Å². The van der Waals surface area contributed by atoms with Crippen molar-refractivity contribution in [3.8, 4) is 11.3 Å². The van der Waals surface area contributed by atoms with Crippen LogP contribution in [0.4, 0.5) is 10.2 Å². The van der Waals surface area contributed by atoms with Gasteiger partial charge in [0, 0.05) is 18.0 Å². The number of carbonyl (C=O) groups excluding carboxylic acids is 1. The Bertz CT molecular complexity index is 1070. The fraction of sp³-hybridized carbons (Fsp3) is 0.292. The number of nitrogens with one attached hydrogen (secondary N) is 1. The van der Waals surface area contributed by atoms with E-state index in [-0.39, 0.29) is 23.4 Å². The first-order valence-corrected chi connectivity index (χ1v) is 10.4. The van der Waals surface area contributed by atoms with Gasteiger partial charge in [-0.15, -0.1) is 0 Å². The first-order chi connectivity index (χ1) is 15.0. The van der Waals surface area contributed by atoms with E-state index in [1.54, 1.807) is 12.3 Å². The topological polar surface area (TPSA) is 101 Å². The second-order valence-corrected chi connectivity index (χ2v) is 7.90. The van der Waals surface area contributed by atoms with Crippen molar-refractivity contribution in [1.29, 1.82) is 0 Å². The molecule has 6 nitrogen and oxygen atoms in total. The van der Waals surface area contributed by atoms with Crippen LogP contribution < -0.4 is 11.1 Å². The molecule has 3 aromatic rings. The number of anilines is 1. The van der Waals surface area contributed by atoms with Crippen molar-refractivity contribution in [3.63, 3.8) is 0 Å². The van der Waals surface area contributed by atoms with Crippen molar-refractivity contribution in [2.24, 2.45) is 0 Å². The lowest BCUT2D eigenvalue weighted by Gasteiger charge is -2.25. The zero-order valence-corrected chi connectivity index (χ0v) is 17.1. The summed E-state index contributed by atoms with van der Waals surface area (Å²) in [5.41, 5.74) is 8.58. The molecule has 1 amide bonds. The number of aliphatic hydroxyl groups excluding tert-OH is 1. The summed E-state index contributed by atoms with van der Waals surface area (Å²) in [4.78, 5) is 21.3. The summed E-state index contributed by atoms with van der Waals surface area (Å²) in [6, 6.07) is 13.8. The molecule has 0 saturated heterocycles. The average molecular weight is 420 g/mol. The first kappa shape index (κ1) is 20.9. The third kappa shape index (κ3) is 4.88. The van der Waals surface area contributed by atoms with E-state index in [4.69, 9.17) is 5.73 Å². The van der Waals surface area contributed by atoms with Gasteiger partial charge in [0.25, 0.3) is 5.91 Å². The molecule has 4 rings (SSSR count). The average Bonchev–Trinajstić information content (AvgIpc) is 2.79. The van der Waals surface area contributed by atoms with E-state index in [0.717, 1.165) is 36.9 Å². The zero-order valence-electron chi connectivity index (χ0n) is 17.1. The largest absolute Gasteiger partial charge is 0.393 e. The number of nitrogens with two attached hydrogens (primary N) is 1. The molecular formula is C24H25FN4O2. The molecule has 0 unspecified atom stereocenters. The summed E-state index contributed by atoms with van der Waals surface area (Å²) in [5, 5.41) is 12.5. The third-order valence-electron chi connectivity index (χ3n) is 5.72. The molecule has 1 heterocycles. The van der Waals surface area contributed by atoms with Crippen molar-refractivity contribution in [2.75, 3.05) is 5.73 Å². The number of hydrogen-bond acceptors (Lipinski definition) is 5. The maximum absolute atomic E-state index is 14.8. The van der Waals surface area contributed by atoms with Crippen LogP contribution in [0.25, 0.3) is 11.3 Å². The number of amides is 1. The quantitative estimate of drug-likeness (QED) is 0.583. The molecule has 31 heavy (non-hydrogen) atoms. The predicted octanol–water partition coefficient (Wildman–Crippen LogP) is 3.81. The van der Waals surface area contributed by atoms with Crippen LogP contribution in [0.2, 0.25) is 0 Å². The van der Waals surface area contributed by atoms with Gasteiger partial charge in [-0.1, -0.05) is 36.4 Å². The molecule has 1 aliphatic rings. The summed E-state index contributed by atoms with van der Waals surface area (Å²) in [7, 11) is 0. The van der Waals surface area contributed by atoms with Crippen LogP contribution in [-0.2, 0) is 6.54 Å². The Morgan fingerprint density at radius 3 is 2.58 bits per heavy atom. The van der Waals surface area contributed by atoms with Gasteiger partial charge in [-0.2, -0.15) is 0 Å². The van der Waals surface area contributed by atoms with Gasteiger partial charge in [-0.3, -0.25) is 4.79 Å². The SMILES string of the molecule is Nc1ncc([C@H]2CC[C@H](O)CC2)nc1-c1ccc(C(=O)NCc2ccccc2)c(F)c1. The minimum Gasteiger partial charge on any atom is -0.393 e. The molecule has 160 valence electrons. The molecule has 0 spiro atoms. The van der Waals surface area contributed by atoms with E-state index >= 15 is 0 Å². The van der Waals surface area contributed by atoms with Crippen molar-refractivity contribution >= 4 is 11.7 Å². The number of halogens is 1. The van der Waals surface area contributed by atoms with E-state index < -0.39 is 11.7 Å². The molecule has 1 aromatic heterocycles. The molecule has 0 atom stereocenters. The van der Waals surface area contributed by atoms with Gasteiger partial charge >= 0.3 is 0 Å². The number of aromatic nitrogens is 2. The van der Waals surface area contributed by atoms with Crippen LogP contribution in [0.5, 0.6) is 0 Å². The first-order valence-electron chi connectivity index (χ1n) is 10.4. The van der Waals surface area contributed by atoms with Crippen LogP contribution in [0, 0.1) is 5.82 Å². The lowest BCUT2D eigenvalue weighted by molar-refractivity contribution is 0.0947. The van der Waals surface area contributed by atoms with E-state index in [9.17, 15) is 14.3 Å². The van der Waals surface area contributed by atoms with Crippen molar-refractivity contribution in [3.05, 3.63) is 77.4 Å². The van der Waals surface area contributed by atoms with Gasteiger partial charge in [0.05, 0.1) is 23.6 Å².